The fourth-order valence-corrected chi connectivity index (χ4v) is 4.20. The Bertz CT molecular complexity index is 1390. The van der Waals surface area contributed by atoms with E-state index in [1.165, 1.54) is 11.0 Å². The van der Waals surface area contributed by atoms with Gasteiger partial charge in [-0.3, -0.25) is 4.79 Å². The van der Waals surface area contributed by atoms with Gasteiger partial charge in [-0.05, 0) is 48.6 Å². The highest BCUT2D eigenvalue weighted by Gasteiger charge is 2.25. The summed E-state index contributed by atoms with van der Waals surface area (Å²) in [5.74, 6) is -0.377. The molecular weight excluding hydrogens is 476 g/mol. The molecule has 0 spiro atoms. The predicted molar refractivity (Wildman–Crippen MR) is 134 cm³/mol. The molecule has 4 aromatic rings. The number of fused-ring (bicyclic) bond motifs is 1. The number of carbonyl (C=O) groups excluding carboxylic acids is 2. The van der Waals surface area contributed by atoms with Gasteiger partial charge < -0.3 is 25.9 Å². The summed E-state index contributed by atoms with van der Waals surface area (Å²) < 4.78 is 5.32. The third-order valence-electron chi connectivity index (χ3n) is 6.12. The van der Waals surface area contributed by atoms with Gasteiger partial charge in [0.2, 0.25) is 0 Å². The molecule has 4 N–H and O–H groups in total. The van der Waals surface area contributed by atoms with E-state index >= 15 is 0 Å². The second-order valence-electron chi connectivity index (χ2n) is 8.72. The van der Waals surface area contributed by atoms with Crippen LogP contribution in [0, 0.1) is 0 Å². The number of amides is 2. The number of benzene rings is 2. The maximum atomic E-state index is 12.2. The van der Waals surface area contributed by atoms with Crippen LogP contribution in [0.2, 0.25) is 0 Å². The van der Waals surface area contributed by atoms with Gasteiger partial charge in [-0.1, -0.05) is 47.3 Å². The van der Waals surface area contributed by atoms with Gasteiger partial charge in [0.05, 0.1) is 0 Å². The quantitative estimate of drug-likeness (QED) is 0.329. The van der Waals surface area contributed by atoms with E-state index in [1.54, 1.807) is 12.1 Å². The molecule has 0 atom stereocenters. The van der Waals surface area contributed by atoms with Crippen LogP contribution in [0.1, 0.15) is 41.6 Å². The first kappa shape index (κ1) is 24.0. The molecule has 0 aliphatic heterocycles. The highest BCUT2D eigenvalue weighted by atomic mass is 16.7. The number of anilines is 1. The van der Waals surface area contributed by atoms with E-state index in [4.69, 9.17) is 15.3 Å². The molecule has 0 saturated heterocycles. The van der Waals surface area contributed by atoms with Crippen LogP contribution in [-0.2, 0) is 11.3 Å². The summed E-state index contributed by atoms with van der Waals surface area (Å²) in [6.07, 6.45) is 3.86. The van der Waals surface area contributed by atoms with Crippen molar-refractivity contribution in [2.24, 2.45) is 5.73 Å². The average molecular weight is 503 g/mol. The minimum atomic E-state index is -0.656. The number of rotatable bonds is 8. The Balaban J connectivity index is 1.17. The standard InChI is InChI=1S/C25H26N8O4/c26-22(34)19-14-27-24(37-33-21-9-5-4-8-20(21)31-32-33)30-23(19)28-17-10-12-18(13-11-17)29-25(35)36-15-16-6-2-1-3-7-16/h1-9,14,17-18H,10-13,15H2,(H2,26,34)(H,29,35)(H,27,28,30). The third kappa shape index (κ3) is 5.92. The van der Waals surface area contributed by atoms with Crippen LogP contribution < -0.4 is 21.2 Å². The molecule has 2 amide bonds. The molecule has 1 aliphatic rings. The highest BCUT2D eigenvalue weighted by Crippen LogP contribution is 2.24. The van der Waals surface area contributed by atoms with Crippen molar-refractivity contribution in [3.8, 4) is 6.01 Å². The Morgan fingerprint density at radius 1 is 1.00 bits per heavy atom. The Kier molecular flexibility index (Phi) is 7.06. The first-order valence-corrected chi connectivity index (χ1v) is 11.9. The smallest absolute Gasteiger partial charge is 0.407 e. The zero-order valence-corrected chi connectivity index (χ0v) is 19.9. The predicted octanol–water partition coefficient (Wildman–Crippen LogP) is 2.81. The number of alkyl carbamates (subject to hydrolysis) is 1. The molecule has 5 rings (SSSR count). The van der Waals surface area contributed by atoms with Crippen molar-refractivity contribution in [2.45, 2.75) is 44.4 Å². The maximum absolute atomic E-state index is 12.2. The number of nitrogens with one attached hydrogen (secondary N) is 2. The summed E-state index contributed by atoms with van der Waals surface area (Å²) in [6, 6.07) is 16.8. The van der Waals surface area contributed by atoms with Crippen molar-refractivity contribution in [3.05, 3.63) is 71.9 Å². The summed E-state index contributed by atoms with van der Waals surface area (Å²) >= 11 is 0. The molecule has 2 heterocycles. The molecule has 12 nitrogen and oxygen atoms in total. The number of nitrogens with zero attached hydrogens (tertiary/aromatic N) is 5. The number of hydrogen-bond donors (Lipinski definition) is 3. The summed E-state index contributed by atoms with van der Waals surface area (Å²) in [6.45, 7) is 0.224. The van der Waals surface area contributed by atoms with Crippen molar-refractivity contribution in [1.29, 1.82) is 0 Å². The van der Waals surface area contributed by atoms with Gasteiger partial charge >= 0.3 is 12.1 Å². The lowest BCUT2D eigenvalue weighted by Crippen LogP contribution is -2.40. The Labute approximate surface area is 212 Å². The van der Waals surface area contributed by atoms with Gasteiger partial charge in [0, 0.05) is 18.3 Å². The average Bonchev–Trinajstić information content (AvgIpc) is 3.32. The lowest BCUT2D eigenvalue weighted by molar-refractivity contribution is 0.0999. The van der Waals surface area contributed by atoms with E-state index in [-0.39, 0.29) is 36.1 Å². The Morgan fingerprint density at radius 2 is 1.73 bits per heavy atom. The van der Waals surface area contributed by atoms with Crippen LogP contribution in [0.15, 0.2) is 60.8 Å². The Morgan fingerprint density at radius 3 is 2.51 bits per heavy atom. The van der Waals surface area contributed by atoms with Crippen molar-refractivity contribution in [3.63, 3.8) is 0 Å². The van der Waals surface area contributed by atoms with E-state index in [0.717, 1.165) is 31.2 Å². The van der Waals surface area contributed by atoms with E-state index in [2.05, 4.69) is 30.9 Å². The third-order valence-corrected chi connectivity index (χ3v) is 6.12. The van der Waals surface area contributed by atoms with Gasteiger partial charge in [-0.2, -0.15) is 4.98 Å². The van der Waals surface area contributed by atoms with Gasteiger partial charge in [0.25, 0.3) is 5.91 Å². The molecule has 37 heavy (non-hydrogen) atoms. The number of nitrogens with two attached hydrogens (primary N) is 1. The fourth-order valence-electron chi connectivity index (χ4n) is 4.20. The molecular formula is C25H26N8O4. The lowest BCUT2D eigenvalue weighted by Gasteiger charge is -2.30. The van der Waals surface area contributed by atoms with Crippen LogP contribution in [0.5, 0.6) is 6.01 Å². The molecule has 0 bridgehead atoms. The zero-order chi connectivity index (χ0) is 25.6. The van der Waals surface area contributed by atoms with Gasteiger partial charge in [-0.15, -0.1) is 5.10 Å². The van der Waals surface area contributed by atoms with Crippen molar-refractivity contribution in [2.75, 3.05) is 5.32 Å². The first-order chi connectivity index (χ1) is 18.0. The normalized spacial score (nSPS) is 17.2. The molecule has 2 aromatic carbocycles. The van der Waals surface area contributed by atoms with E-state index < -0.39 is 12.0 Å². The van der Waals surface area contributed by atoms with Crippen LogP contribution in [0.4, 0.5) is 10.6 Å². The zero-order valence-electron chi connectivity index (χ0n) is 19.9. The van der Waals surface area contributed by atoms with E-state index in [1.807, 2.05) is 42.5 Å². The molecule has 1 aliphatic carbocycles. The fraction of sp³-hybridized carbons (Fsp3) is 0.280. The highest BCUT2D eigenvalue weighted by molar-refractivity contribution is 5.97. The first-order valence-electron chi connectivity index (χ1n) is 11.9. The lowest BCUT2D eigenvalue weighted by atomic mass is 9.91. The van der Waals surface area contributed by atoms with Gasteiger partial charge in [-0.25, -0.2) is 9.78 Å². The van der Waals surface area contributed by atoms with Crippen LogP contribution >= 0.6 is 0 Å². The molecule has 0 unspecified atom stereocenters. The number of primary amides is 1. The SMILES string of the molecule is NC(=O)c1cnc(On2nnc3ccccc32)nc1NC1CCC(NC(=O)OCc2ccccc2)CC1. The molecule has 2 aromatic heterocycles. The van der Waals surface area contributed by atoms with Crippen molar-refractivity contribution in [1.82, 2.24) is 30.4 Å². The number of para-hydroxylation sites is 1. The largest absolute Gasteiger partial charge is 0.445 e. The maximum Gasteiger partial charge on any atom is 0.407 e. The second-order valence-corrected chi connectivity index (χ2v) is 8.72. The van der Waals surface area contributed by atoms with Crippen molar-refractivity contribution < 1.29 is 19.2 Å². The topological polar surface area (TPSA) is 159 Å². The van der Waals surface area contributed by atoms with Gasteiger partial charge in [0.1, 0.15) is 29.0 Å². The number of carbonyl (C=O) groups is 2. The molecule has 1 saturated carbocycles. The number of aromatic nitrogens is 5. The van der Waals surface area contributed by atoms with Gasteiger partial charge in [0.15, 0.2) is 0 Å². The van der Waals surface area contributed by atoms with Crippen molar-refractivity contribution >= 4 is 28.9 Å². The van der Waals surface area contributed by atoms with Crippen LogP contribution in [-0.4, -0.2) is 49.2 Å². The summed E-state index contributed by atoms with van der Waals surface area (Å²) in [7, 11) is 0. The summed E-state index contributed by atoms with van der Waals surface area (Å²) in [4.78, 5) is 39.5. The number of ether oxygens (including phenoxy) is 1. The molecule has 190 valence electrons. The molecule has 1 fully saturated rings. The van der Waals surface area contributed by atoms with Crippen LogP contribution in [0.25, 0.3) is 11.0 Å². The number of hydrogen-bond acceptors (Lipinski definition) is 9. The van der Waals surface area contributed by atoms with E-state index in [9.17, 15) is 9.59 Å². The summed E-state index contributed by atoms with van der Waals surface area (Å²) in [5.41, 5.74) is 7.93. The Hall–Kier alpha value is -4.74. The van der Waals surface area contributed by atoms with Crippen LogP contribution in [0.3, 0.4) is 0 Å². The minimum absolute atomic E-state index is 0.00169. The molecule has 0 radical (unpaired) electrons. The minimum Gasteiger partial charge on any atom is -0.445 e. The summed E-state index contributed by atoms with van der Waals surface area (Å²) in [5, 5.41) is 14.2. The monoisotopic (exact) mass is 502 g/mol. The second kappa shape index (κ2) is 10.9. The molecule has 12 heteroatoms. The van der Waals surface area contributed by atoms with E-state index in [0.29, 0.717) is 11.0 Å².